The van der Waals surface area contributed by atoms with E-state index in [2.05, 4.69) is 0 Å². The second-order valence-corrected chi connectivity index (χ2v) is 4.48. The number of rotatable bonds is 5. The maximum absolute atomic E-state index is 13.7. The van der Waals surface area contributed by atoms with Gasteiger partial charge in [-0.2, -0.15) is 13.1 Å². The summed E-state index contributed by atoms with van der Waals surface area (Å²) in [7, 11) is -2.46. The van der Waals surface area contributed by atoms with Crippen LogP contribution in [0.5, 0.6) is 5.75 Å². The summed E-state index contributed by atoms with van der Waals surface area (Å²) >= 11 is 0. The average molecular weight is 248 g/mol. The van der Waals surface area contributed by atoms with Crippen LogP contribution in [-0.4, -0.2) is 22.1 Å². The predicted octanol–water partition coefficient (Wildman–Crippen LogP) is 0.499. The molecule has 0 saturated heterocycles. The van der Waals surface area contributed by atoms with E-state index >= 15 is 0 Å². The van der Waals surface area contributed by atoms with Crippen LogP contribution in [0, 0.1) is 0 Å². The van der Waals surface area contributed by atoms with E-state index in [0.29, 0.717) is 5.75 Å². The number of methoxy groups -OCH3 is 1. The molecule has 0 aliphatic rings. The first-order valence-electron chi connectivity index (χ1n) is 4.48. The summed E-state index contributed by atoms with van der Waals surface area (Å²) < 4.78 is 41.7. The molecule has 5 nitrogen and oxygen atoms in total. The van der Waals surface area contributed by atoms with Crippen LogP contribution in [0.3, 0.4) is 0 Å². The van der Waals surface area contributed by atoms with Crippen LogP contribution in [0.2, 0.25) is 0 Å². The highest BCUT2D eigenvalue weighted by Crippen LogP contribution is 2.26. The maximum Gasteiger partial charge on any atom is 0.274 e. The van der Waals surface area contributed by atoms with Crippen molar-refractivity contribution < 1.29 is 17.5 Å². The smallest absolute Gasteiger partial charge is 0.274 e. The Labute approximate surface area is 93.6 Å². The SMILES string of the molecule is COc1ccccc1C(F)CNS(N)(=O)=O. The van der Waals surface area contributed by atoms with Gasteiger partial charge in [0.25, 0.3) is 10.2 Å². The van der Waals surface area contributed by atoms with Gasteiger partial charge < -0.3 is 4.74 Å². The number of benzene rings is 1. The van der Waals surface area contributed by atoms with Gasteiger partial charge in [-0.15, -0.1) is 0 Å². The molecule has 1 rings (SSSR count). The minimum absolute atomic E-state index is 0.279. The molecule has 7 heteroatoms. The van der Waals surface area contributed by atoms with Crippen molar-refractivity contribution in [3.05, 3.63) is 29.8 Å². The van der Waals surface area contributed by atoms with E-state index in [9.17, 15) is 12.8 Å². The van der Waals surface area contributed by atoms with Crippen LogP contribution in [0.4, 0.5) is 4.39 Å². The molecule has 1 aromatic carbocycles. The zero-order chi connectivity index (χ0) is 12.2. The Morgan fingerprint density at radius 3 is 2.69 bits per heavy atom. The molecule has 0 amide bonds. The normalized spacial score (nSPS) is 13.4. The molecule has 1 unspecified atom stereocenters. The van der Waals surface area contributed by atoms with Gasteiger partial charge in [0.1, 0.15) is 11.9 Å². The number of alkyl halides is 1. The Morgan fingerprint density at radius 1 is 1.50 bits per heavy atom. The minimum atomic E-state index is -3.88. The summed E-state index contributed by atoms with van der Waals surface area (Å²) in [5.74, 6) is 0.367. The number of ether oxygens (including phenoxy) is 1. The molecule has 0 aliphatic carbocycles. The molecule has 0 fully saturated rings. The summed E-state index contributed by atoms with van der Waals surface area (Å²) in [6.07, 6.45) is -1.51. The molecule has 0 aromatic heterocycles. The highest BCUT2D eigenvalue weighted by molar-refractivity contribution is 7.87. The Morgan fingerprint density at radius 2 is 2.12 bits per heavy atom. The summed E-state index contributed by atoms with van der Waals surface area (Å²) in [5, 5.41) is 4.70. The van der Waals surface area contributed by atoms with Gasteiger partial charge in [0.15, 0.2) is 0 Å². The lowest BCUT2D eigenvalue weighted by atomic mass is 10.1. The van der Waals surface area contributed by atoms with Gasteiger partial charge in [0.2, 0.25) is 0 Å². The van der Waals surface area contributed by atoms with Gasteiger partial charge in [0, 0.05) is 12.1 Å². The van der Waals surface area contributed by atoms with E-state index in [0.717, 1.165) is 0 Å². The standard InChI is InChI=1S/C9H13FN2O3S/c1-15-9-5-3-2-4-7(9)8(10)6-12-16(11,13)14/h2-5,8,12H,6H2,1H3,(H2,11,13,14). The van der Waals surface area contributed by atoms with Gasteiger partial charge in [-0.3, -0.25) is 0 Å². The Bertz CT molecular complexity index is 450. The number of nitrogens with two attached hydrogens (primary N) is 1. The van der Waals surface area contributed by atoms with E-state index in [4.69, 9.17) is 9.88 Å². The Hall–Kier alpha value is -1.18. The first-order valence-corrected chi connectivity index (χ1v) is 6.03. The van der Waals surface area contributed by atoms with Crippen molar-refractivity contribution in [2.75, 3.05) is 13.7 Å². The fourth-order valence-electron chi connectivity index (χ4n) is 1.22. The third-order valence-corrected chi connectivity index (χ3v) is 2.51. The lowest BCUT2D eigenvalue weighted by molar-refractivity contribution is 0.324. The summed E-state index contributed by atoms with van der Waals surface area (Å²) in [5.41, 5.74) is 0.279. The van der Waals surface area contributed by atoms with Gasteiger partial charge >= 0.3 is 0 Å². The predicted molar refractivity (Wildman–Crippen MR) is 58.0 cm³/mol. The topological polar surface area (TPSA) is 81.4 Å². The molecular formula is C9H13FN2O3S. The van der Waals surface area contributed by atoms with E-state index in [-0.39, 0.29) is 5.56 Å². The number of halogens is 1. The zero-order valence-corrected chi connectivity index (χ0v) is 9.50. The Balaban J connectivity index is 2.76. The van der Waals surface area contributed by atoms with E-state index in [1.165, 1.54) is 13.2 Å². The fourth-order valence-corrected chi connectivity index (χ4v) is 1.60. The molecule has 1 aromatic rings. The number of hydrogen-bond donors (Lipinski definition) is 2. The largest absolute Gasteiger partial charge is 0.496 e. The van der Waals surface area contributed by atoms with Gasteiger partial charge in [-0.1, -0.05) is 18.2 Å². The maximum atomic E-state index is 13.7. The lowest BCUT2D eigenvalue weighted by Gasteiger charge is -2.12. The second-order valence-electron chi connectivity index (χ2n) is 3.10. The highest BCUT2D eigenvalue weighted by atomic mass is 32.2. The quantitative estimate of drug-likeness (QED) is 0.796. The number of nitrogens with one attached hydrogen (secondary N) is 1. The molecule has 0 aliphatic heterocycles. The summed E-state index contributed by atoms with van der Waals surface area (Å²) in [6.45, 7) is -0.417. The lowest BCUT2D eigenvalue weighted by Crippen LogP contribution is -2.33. The molecule has 1 atom stereocenters. The summed E-state index contributed by atoms with van der Waals surface area (Å²) in [6, 6.07) is 6.46. The van der Waals surface area contributed by atoms with Crippen LogP contribution >= 0.6 is 0 Å². The van der Waals surface area contributed by atoms with Crippen LogP contribution < -0.4 is 14.6 Å². The molecule has 0 radical (unpaired) electrons. The molecule has 0 saturated carbocycles. The molecule has 0 spiro atoms. The zero-order valence-electron chi connectivity index (χ0n) is 8.68. The van der Waals surface area contributed by atoms with Crippen molar-refractivity contribution in [1.29, 1.82) is 0 Å². The first kappa shape index (κ1) is 12.9. The first-order chi connectivity index (χ1) is 7.44. The Kier molecular flexibility index (Phi) is 4.22. The molecule has 16 heavy (non-hydrogen) atoms. The minimum Gasteiger partial charge on any atom is -0.496 e. The van der Waals surface area contributed by atoms with Crippen LogP contribution in [0.1, 0.15) is 11.7 Å². The van der Waals surface area contributed by atoms with E-state index in [1.807, 2.05) is 4.72 Å². The molecule has 3 N–H and O–H groups in total. The van der Waals surface area contributed by atoms with Crippen molar-refractivity contribution in [3.8, 4) is 5.75 Å². The fraction of sp³-hybridized carbons (Fsp3) is 0.333. The molecule has 0 heterocycles. The van der Waals surface area contributed by atoms with Crippen molar-refractivity contribution in [2.24, 2.45) is 5.14 Å². The van der Waals surface area contributed by atoms with Crippen LogP contribution in [0.25, 0.3) is 0 Å². The highest BCUT2D eigenvalue weighted by Gasteiger charge is 2.16. The third kappa shape index (κ3) is 3.76. The van der Waals surface area contributed by atoms with Gasteiger partial charge in [-0.25, -0.2) is 9.53 Å². The van der Waals surface area contributed by atoms with Gasteiger partial charge in [0.05, 0.1) is 7.11 Å². The summed E-state index contributed by atoms with van der Waals surface area (Å²) in [4.78, 5) is 0. The van der Waals surface area contributed by atoms with E-state index in [1.54, 1.807) is 18.2 Å². The molecule has 0 bridgehead atoms. The van der Waals surface area contributed by atoms with Crippen LogP contribution in [-0.2, 0) is 10.2 Å². The van der Waals surface area contributed by atoms with Crippen LogP contribution in [0.15, 0.2) is 24.3 Å². The monoisotopic (exact) mass is 248 g/mol. The molecular weight excluding hydrogens is 235 g/mol. The third-order valence-electron chi connectivity index (χ3n) is 1.94. The average Bonchev–Trinajstić information content (AvgIpc) is 2.25. The number of para-hydroxylation sites is 1. The number of hydrogen-bond acceptors (Lipinski definition) is 3. The van der Waals surface area contributed by atoms with Crippen molar-refractivity contribution in [1.82, 2.24) is 4.72 Å². The van der Waals surface area contributed by atoms with Crippen molar-refractivity contribution in [2.45, 2.75) is 6.17 Å². The van der Waals surface area contributed by atoms with Crippen molar-refractivity contribution in [3.63, 3.8) is 0 Å². The molecule has 90 valence electrons. The van der Waals surface area contributed by atoms with Crippen molar-refractivity contribution >= 4 is 10.2 Å². The van der Waals surface area contributed by atoms with Gasteiger partial charge in [-0.05, 0) is 6.07 Å². The van der Waals surface area contributed by atoms with E-state index < -0.39 is 22.9 Å². The second kappa shape index (κ2) is 5.24.